The van der Waals surface area contributed by atoms with Crippen LogP contribution in [0.15, 0.2) is 36.4 Å². The molecule has 0 bridgehead atoms. The summed E-state index contributed by atoms with van der Waals surface area (Å²) in [6, 6.07) is 12.4. The quantitative estimate of drug-likeness (QED) is 0.183. The van der Waals surface area contributed by atoms with Crippen molar-refractivity contribution in [2.45, 2.75) is 80.4 Å². The molecule has 38 heavy (non-hydrogen) atoms. The predicted octanol–water partition coefficient (Wildman–Crippen LogP) is 7.32. The zero-order valence-electron chi connectivity index (χ0n) is 24.1. The molecular formula is C32H42O6. The summed E-state index contributed by atoms with van der Waals surface area (Å²) in [4.78, 5) is 24.4. The molecule has 3 aromatic rings. The van der Waals surface area contributed by atoms with Crippen molar-refractivity contribution in [3.8, 4) is 11.5 Å². The summed E-state index contributed by atoms with van der Waals surface area (Å²) in [5.74, 6) is 0.633. The van der Waals surface area contributed by atoms with E-state index in [2.05, 4.69) is 24.3 Å². The van der Waals surface area contributed by atoms with Crippen molar-refractivity contribution in [1.82, 2.24) is 0 Å². The van der Waals surface area contributed by atoms with Gasteiger partial charge in [-0.25, -0.2) is 0 Å². The van der Waals surface area contributed by atoms with Gasteiger partial charge in [0.15, 0.2) is 0 Å². The van der Waals surface area contributed by atoms with Crippen LogP contribution in [0.4, 0.5) is 0 Å². The highest BCUT2D eigenvalue weighted by Crippen LogP contribution is 2.43. The fourth-order valence-corrected chi connectivity index (χ4v) is 4.11. The van der Waals surface area contributed by atoms with Gasteiger partial charge in [-0.1, -0.05) is 76.9 Å². The van der Waals surface area contributed by atoms with E-state index in [1.165, 1.54) is 0 Å². The molecule has 206 valence electrons. The zero-order chi connectivity index (χ0) is 28.0. The maximum Gasteiger partial charge on any atom is 0.308 e. The summed E-state index contributed by atoms with van der Waals surface area (Å²) in [6.45, 7) is 15.9. The summed E-state index contributed by atoms with van der Waals surface area (Å²) in [6.07, 6.45) is 0.617. The van der Waals surface area contributed by atoms with E-state index < -0.39 is 0 Å². The number of benzene rings is 3. The molecule has 2 unspecified atom stereocenters. The molecule has 2 atom stereocenters. The van der Waals surface area contributed by atoms with Gasteiger partial charge in [0, 0.05) is 21.5 Å². The Hall–Kier alpha value is -3.28. The van der Waals surface area contributed by atoms with Gasteiger partial charge in [0.25, 0.3) is 0 Å². The molecule has 3 aromatic carbocycles. The Bertz CT molecular complexity index is 1180. The van der Waals surface area contributed by atoms with Gasteiger partial charge in [-0.15, -0.1) is 0 Å². The van der Waals surface area contributed by atoms with Gasteiger partial charge >= 0.3 is 11.9 Å². The highest BCUT2D eigenvalue weighted by molar-refractivity contribution is 6.11. The minimum Gasteiger partial charge on any atom is -0.488 e. The first-order chi connectivity index (χ1) is 18.0. The van der Waals surface area contributed by atoms with Crippen LogP contribution in [0.5, 0.6) is 11.5 Å². The van der Waals surface area contributed by atoms with Crippen LogP contribution in [0.25, 0.3) is 21.5 Å². The number of aryl methyl sites for hydroxylation is 2. The molecule has 0 heterocycles. The van der Waals surface area contributed by atoms with Crippen LogP contribution in [0, 0.1) is 25.7 Å². The fraction of sp³-hybridized carbons (Fsp3) is 0.500. The first kappa shape index (κ1) is 29.3. The summed E-state index contributed by atoms with van der Waals surface area (Å²) in [5.41, 5.74) is 2.19. The number of carbonyl (C=O) groups is 2. The van der Waals surface area contributed by atoms with E-state index >= 15 is 0 Å². The second-order valence-electron chi connectivity index (χ2n) is 10.6. The molecule has 0 radical (unpaired) electrons. The molecule has 0 saturated heterocycles. The fourth-order valence-electron chi connectivity index (χ4n) is 4.11. The van der Waals surface area contributed by atoms with Crippen LogP contribution in [0.3, 0.4) is 0 Å². The molecular weight excluding hydrogens is 480 g/mol. The topological polar surface area (TPSA) is 71.1 Å². The number of rotatable bonds is 12. The van der Waals surface area contributed by atoms with Crippen LogP contribution in [0.2, 0.25) is 0 Å². The third kappa shape index (κ3) is 6.97. The van der Waals surface area contributed by atoms with Gasteiger partial charge in [0.1, 0.15) is 36.9 Å². The van der Waals surface area contributed by atoms with Crippen molar-refractivity contribution in [1.29, 1.82) is 0 Å². The third-order valence-corrected chi connectivity index (χ3v) is 6.57. The molecule has 0 aliphatic carbocycles. The summed E-state index contributed by atoms with van der Waals surface area (Å²) in [5, 5.41) is 3.68. The lowest BCUT2D eigenvalue weighted by atomic mass is 9.97. The van der Waals surface area contributed by atoms with E-state index in [-0.39, 0.29) is 49.2 Å². The Morgan fingerprint density at radius 3 is 1.32 bits per heavy atom. The SMILES string of the molecule is CCC(COc1c2ccc(C)cc2c(OCC(CC)OC(=O)C(C)C)c2ccc(C)cc12)OC(=O)C(C)C. The number of ether oxygens (including phenoxy) is 4. The van der Waals surface area contributed by atoms with Crippen LogP contribution >= 0.6 is 0 Å². The summed E-state index contributed by atoms with van der Waals surface area (Å²) in [7, 11) is 0. The minimum atomic E-state index is -0.345. The average molecular weight is 523 g/mol. The second-order valence-corrected chi connectivity index (χ2v) is 10.6. The molecule has 0 N–H and O–H groups in total. The molecule has 0 fully saturated rings. The zero-order valence-corrected chi connectivity index (χ0v) is 24.1. The standard InChI is InChI=1S/C32H42O6/c1-9-23(37-31(33)19(3)4)17-35-29-25-13-11-22(8)16-28(25)30(26-14-12-21(7)15-27(26)29)36-18-24(10-2)38-32(34)20(5)6/h11-16,19-20,23-24H,9-10,17-18H2,1-8H3. The molecule has 0 aliphatic heterocycles. The highest BCUT2D eigenvalue weighted by Gasteiger charge is 2.22. The lowest BCUT2D eigenvalue weighted by Crippen LogP contribution is -2.27. The highest BCUT2D eigenvalue weighted by atomic mass is 16.6. The van der Waals surface area contributed by atoms with E-state index in [0.29, 0.717) is 12.8 Å². The smallest absolute Gasteiger partial charge is 0.308 e. The van der Waals surface area contributed by atoms with Crippen LogP contribution in [0.1, 0.15) is 65.5 Å². The number of hydrogen-bond donors (Lipinski definition) is 0. The summed E-state index contributed by atoms with van der Waals surface area (Å²) >= 11 is 0. The number of fused-ring (bicyclic) bond motifs is 2. The second kappa shape index (κ2) is 13.0. The maximum absolute atomic E-state index is 12.2. The molecule has 6 heteroatoms. The number of carbonyl (C=O) groups excluding carboxylic acids is 2. The van der Waals surface area contributed by atoms with Crippen LogP contribution in [-0.2, 0) is 19.1 Å². The molecule has 0 aromatic heterocycles. The molecule has 0 amide bonds. The van der Waals surface area contributed by atoms with E-state index in [4.69, 9.17) is 18.9 Å². The van der Waals surface area contributed by atoms with Crippen molar-refractivity contribution < 1.29 is 28.5 Å². The van der Waals surface area contributed by atoms with E-state index in [1.807, 2.05) is 67.5 Å². The van der Waals surface area contributed by atoms with Crippen molar-refractivity contribution in [2.75, 3.05) is 13.2 Å². The Labute approximate surface area is 226 Å². The average Bonchev–Trinajstić information content (AvgIpc) is 2.88. The van der Waals surface area contributed by atoms with Crippen molar-refractivity contribution in [2.24, 2.45) is 11.8 Å². The Morgan fingerprint density at radius 2 is 1.00 bits per heavy atom. The molecule has 6 nitrogen and oxygen atoms in total. The van der Waals surface area contributed by atoms with Gasteiger partial charge in [0.2, 0.25) is 0 Å². The molecule has 0 saturated carbocycles. The van der Waals surface area contributed by atoms with Gasteiger partial charge < -0.3 is 18.9 Å². The lowest BCUT2D eigenvalue weighted by Gasteiger charge is -2.23. The van der Waals surface area contributed by atoms with Crippen molar-refractivity contribution in [3.05, 3.63) is 47.5 Å². The van der Waals surface area contributed by atoms with E-state index in [0.717, 1.165) is 44.2 Å². The first-order valence-corrected chi connectivity index (χ1v) is 13.7. The Kier molecular flexibility index (Phi) is 10.0. The largest absolute Gasteiger partial charge is 0.488 e. The van der Waals surface area contributed by atoms with Gasteiger partial charge in [-0.2, -0.15) is 0 Å². The van der Waals surface area contributed by atoms with Gasteiger partial charge in [-0.3, -0.25) is 9.59 Å². The predicted molar refractivity (Wildman–Crippen MR) is 152 cm³/mol. The van der Waals surface area contributed by atoms with Gasteiger partial charge in [0.05, 0.1) is 11.8 Å². The first-order valence-electron chi connectivity index (χ1n) is 13.7. The monoisotopic (exact) mass is 522 g/mol. The van der Waals surface area contributed by atoms with Crippen LogP contribution < -0.4 is 9.47 Å². The Balaban J connectivity index is 2.04. The lowest BCUT2D eigenvalue weighted by molar-refractivity contribution is -0.155. The third-order valence-electron chi connectivity index (χ3n) is 6.57. The molecule has 3 rings (SSSR count). The van der Waals surface area contributed by atoms with Crippen molar-refractivity contribution in [3.63, 3.8) is 0 Å². The Morgan fingerprint density at radius 1 is 0.632 bits per heavy atom. The van der Waals surface area contributed by atoms with Crippen molar-refractivity contribution >= 4 is 33.5 Å². The summed E-state index contributed by atoms with van der Waals surface area (Å²) < 4.78 is 24.2. The normalized spacial score (nSPS) is 13.1. The maximum atomic E-state index is 12.2. The molecule has 0 spiro atoms. The van der Waals surface area contributed by atoms with E-state index in [1.54, 1.807) is 0 Å². The minimum absolute atomic E-state index is 0.195. The van der Waals surface area contributed by atoms with Gasteiger partial charge in [-0.05, 0) is 38.8 Å². The van der Waals surface area contributed by atoms with Crippen LogP contribution in [-0.4, -0.2) is 37.4 Å². The number of esters is 2. The molecule has 0 aliphatic rings. The van der Waals surface area contributed by atoms with E-state index in [9.17, 15) is 9.59 Å². The number of hydrogen-bond acceptors (Lipinski definition) is 6.